The lowest BCUT2D eigenvalue weighted by Gasteiger charge is -2.29. The molecule has 68 valence electrons. The molecule has 1 spiro atoms. The second-order valence-electron chi connectivity index (χ2n) is 4.53. The van der Waals surface area contributed by atoms with Gasteiger partial charge >= 0.3 is 0 Å². The minimum absolute atomic E-state index is 0.416. The van der Waals surface area contributed by atoms with Crippen LogP contribution in [0.25, 0.3) is 0 Å². The van der Waals surface area contributed by atoms with Crippen molar-refractivity contribution in [1.82, 2.24) is 4.90 Å². The van der Waals surface area contributed by atoms with Gasteiger partial charge in [-0.3, -0.25) is 4.79 Å². The van der Waals surface area contributed by atoms with Gasteiger partial charge in [-0.15, -0.1) is 0 Å². The fourth-order valence-corrected chi connectivity index (χ4v) is 2.54. The number of carbonyl (C=O) groups excluding carboxylic acids is 1. The molecular weight excluding hydrogens is 150 g/mol. The lowest BCUT2D eigenvalue weighted by atomic mass is 9.90. The van der Waals surface area contributed by atoms with Crippen LogP contribution in [0.3, 0.4) is 0 Å². The molecule has 0 aromatic heterocycles. The number of piperidine rings is 1. The molecule has 2 heteroatoms. The van der Waals surface area contributed by atoms with Crippen LogP contribution in [0.5, 0.6) is 0 Å². The van der Waals surface area contributed by atoms with Gasteiger partial charge in [-0.25, -0.2) is 0 Å². The molecule has 0 radical (unpaired) electrons. The van der Waals surface area contributed by atoms with Gasteiger partial charge in [0.1, 0.15) is 5.78 Å². The Hall–Kier alpha value is -0.370. The zero-order valence-corrected chi connectivity index (χ0v) is 7.97. The maximum atomic E-state index is 11.1. The first kappa shape index (κ1) is 8.24. The third kappa shape index (κ3) is 1.18. The van der Waals surface area contributed by atoms with Gasteiger partial charge in [0.15, 0.2) is 0 Å². The molecule has 2 nitrogen and oxygen atoms in total. The molecule has 0 aromatic carbocycles. The van der Waals surface area contributed by atoms with Crippen molar-refractivity contribution in [3.05, 3.63) is 0 Å². The van der Waals surface area contributed by atoms with Crippen LogP contribution in [0, 0.1) is 11.3 Å². The monoisotopic (exact) mass is 167 g/mol. The number of hydrogen-bond acceptors (Lipinski definition) is 2. The van der Waals surface area contributed by atoms with Crippen LogP contribution in [0.1, 0.15) is 26.2 Å². The van der Waals surface area contributed by atoms with Crippen molar-refractivity contribution in [2.75, 3.05) is 20.1 Å². The van der Waals surface area contributed by atoms with Gasteiger partial charge < -0.3 is 4.90 Å². The Kier molecular flexibility index (Phi) is 1.76. The Morgan fingerprint density at radius 3 is 2.42 bits per heavy atom. The van der Waals surface area contributed by atoms with Crippen molar-refractivity contribution in [2.24, 2.45) is 11.3 Å². The molecule has 2 fully saturated rings. The lowest BCUT2D eigenvalue weighted by molar-refractivity contribution is -0.119. The third-order valence-electron chi connectivity index (χ3n) is 3.66. The van der Waals surface area contributed by atoms with Gasteiger partial charge in [-0.05, 0) is 51.7 Å². The molecule has 1 aliphatic heterocycles. The highest BCUT2D eigenvalue weighted by Crippen LogP contribution is 2.59. The molecule has 0 amide bonds. The van der Waals surface area contributed by atoms with Crippen LogP contribution in [-0.2, 0) is 4.79 Å². The molecule has 1 saturated carbocycles. The summed E-state index contributed by atoms with van der Waals surface area (Å²) in [5.74, 6) is 0.839. The summed E-state index contributed by atoms with van der Waals surface area (Å²) < 4.78 is 0. The Balaban J connectivity index is 1.95. The van der Waals surface area contributed by atoms with E-state index in [0.717, 1.165) is 0 Å². The van der Waals surface area contributed by atoms with Crippen LogP contribution >= 0.6 is 0 Å². The van der Waals surface area contributed by atoms with E-state index in [-0.39, 0.29) is 0 Å². The van der Waals surface area contributed by atoms with E-state index in [1.54, 1.807) is 6.92 Å². The van der Waals surface area contributed by atoms with Crippen molar-refractivity contribution >= 4 is 5.78 Å². The number of carbonyl (C=O) groups is 1. The molecule has 1 unspecified atom stereocenters. The summed E-state index contributed by atoms with van der Waals surface area (Å²) in [5.41, 5.74) is 0.457. The first-order chi connectivity index (χ1) is 5.64. The van der Waals surface area contributed by atoms with Crippen molar-refractivity contribution in [2.45, 2.75) is 26.2 Å². The topological polar surface area (TPSA) is 20.3 Å². The summed E-state index contributed by atoms with van der Waals surface area (Å²) in [6.45, 7) is 4.12. The Labute approximate surface area is 73.9 Å². The summed E-state index contributed by atoms with van der Waals surface area (Å²) in [5, 5.41) is 0. The highest BCUT2D eigenvalue weighted by Gasteiger charge is 2.56. The number of likely N-dealkylation sites (tertiary alicyclic amines) is 1. The molecule has 1 heterocycles. The maximum absolute atomic E-state index is 11.1. The quantitative estimate of drug-likeness (QED) is 0.587. The summed E-state index contributed by atoms with van der Waals surface area (Å²) in [6.07, 6.45) is 3.66. The standard InChI is InChI=1S/C10H17NO/c1-8(12)9-7-10(9)3-5-11(2)6-4-10/h9H,3-7H2,1-2H3. The minimum Gasteiger partial charge on any atom is -0.306 e. The molecule has 1 atom stereocenters. The molecule has 1 aliphatic carbocycles. The number of Topliss-reactive ketones (excluding diaryl/α,β-unsaturated/α-hetero) is 1. The molecule has 2 rings (SSSR count). The van der Waals surface area contributed by atoms with Crippen molar-refractivity contribution in [1.29, 1.82) is 0 Å². The van der Waals surface area contributed by atoms with Crippen molar-refractivity contribution in [3.63, 3.8) is 0 Å². The highest BCUT2D eigenvalue weighted by molar-refractivity contribution is 5.82. The first-order valence-electron chi connectivity index (χ1n) is 4.83. The molecule has 1 saturated heterocycles. The van der Waals surface area contributed by atoms with Gasteiger partial charge in [-0.1, -0.05) is 0 Å². The normalized spacial score (nSPS) is 33.7. The van der Waals surface area contributed by atoms with Gasteiger partial charge in [0.25, 0.3) is 0 Å². The molecule has 0 N–H and O–H groups in total. The molecule has 2 aliphatic rings. The highest BCUT2D eigenvalue weighted by atomic mass is 16.1. The number of rotatable bonds is 1. The van der Waals surface area contributed by atoms with Crippen LogP contribution in [-0.4, -0.2) is 30.8 Å². The SMILES string of the molecule is CC(=O)C1CC12CCN(C)CC2. The van der Waals surface area contributed by atoms with E-state index >= 15 is 0 Å². The fraction of sp³-hybridized carbons (Fsp3) is 0.900. The predicted molar refractivity (Wildman–Crippen MR) is 48.0 cm³/mol. The first-order valence-corrected chi connectivity index (χ1v) is 4.83. The molecular formula is C10H17NO. The van der Waals surface area contributed by atoms with Gasteiger partial charge in [-0.2, -0.15) is 0 Å². The Morgan fingerprint density at radius 1 is 1.42 bits per heavy atom. The average molecular weight is 167 g/mol. The fourth-order valence-electron chi connectivity index (χ4n) is 2.54. The zero-order valence-electron chi connectivity index (χ0n) is 7.97. The second kappa shape index (κ2) is 2.56. The van der Waals surface area contributed by atoms with E-state index in [1.807, 2.05) is 0 Å². The van der Waals surface area contributed by atoms with E-state index < -0.39 is 0 Å². The van der Waals surface area contributed by atoms with Crippen LogP contribution in [0.4, 0.5) is 0 Å². The maximum Gasteiger partial charge on any atom is 0.133 e. The Bertz CT molecular complexity index is 204. The summed E-state index contributed by atoms with van der Waals surface area (Å²) in [7, 11) is 2.16. The van der Waals surface area contributed by atoms with Crippen LogP contribution < -0.4 is 0 Å². The molecule has 0 aromatic rings. The molecule has 0 bridgehead atoms. The van der Waals surface area contributed by atoms with Crippen LogP contribution in [0.15, 0.2) is 0 Å². The largest absolute Gasteiger partial charge is 0.306 e. The van der Waals surface area contributed by atoms with Crippen molar-refractivity contribution < 1.29 is 4.79 Å². The zero-order chi connectivity index (χ0) is 8.77. The summed E-state index contributed by atoms with van der Waals surface area (Å²) in [6, 6.07) is 0. The average Bonchev–Trinajstić information content (AvgIpc) is 2.72. The van der Waals surface area contributed by atoms with Gasteiger partial charge in [0.05, 0.1) is 0 Å². The van der Waals surface area contributed by atoms with E-state index in [2.05, 4.69) is 11.9 Å². The number of hydrogen-bond donors (Lipinski definition) is 0. The second-order valence-corrected chi connectivity index (χ2v) is 4.53. The smallest absolute Gasteiger partial charge is 0.133 e. The van der Waals surface area contributed by atoms with E-state index in [1.165, 1.54) is 32.4 Å². The summed E-state index contributed by atoms with van der Waals surface area (Å²) >= 11 is 0. The number of ketones is 1. The van der Waals surface area contributed by atoms with E-state index in [4.69, 9.17) is 0 Å². The lowest BCUT2D eigenvalue weighted by Crippen LogP contribution is -2.32. The minimum atomic E-state index is 0.416. The predicted octanol–water partition coefficient (Wildman–Crippen LogP) is 1.31. The van der Waals surface area contributed by atoms with Gasteiger partial charge in [0, 0.05) is 5.92 Å². The van der Waals surface area contributed by atoms with E-state index in [9.17, 15) is 4.79 Å². The third-order valence-corrected chi connectivity index (χ3v) is 3.66. The van der Waals surface area contributed by atoms with E-state index in [0.29, 0.717) is 17.1 Å². The van der Waals surface area contributed by atoms with Crippen molar-refractivity contribution in [3.8, 4) is 0 Å². The summed E-state index contributed by atoms with van der Waals surface area (Å²) in [4.78, 5) is 13.5. The number of nitrogens with zero attached hydrogens (tertiary/aromatic N) is 1. The Morgan fingerprint density at radius 2 is 2.00 bits per heavy atom. The van der Waals surface area contributed by atoms with Crippen LogP contribution in [0.2, 0.25) is 0 Å². The molecule has 12 heavy (non-hydrogen) atoms. The van der Waals surface area contributed by atoms with Gasteiger partial charge in [0.2, 0.25) is 0 Å².